The molecule has 0 aliphatic heterocycles. The molecule has 0 amide bonds. The van der Waals surface area contributed by atoms with E-state index in [-0.39, 0.29) is 18.1 Å². The molecule has 1 aromatic rings. The van der Waals surface area contributed by atoms with Gasteiger partial charge in [0.25, 0.3) is 0 Å². The van der Waals surface area contributed by atoms with Gasteiger partial charge in [-0.3, -0.25) is 5.43 Å². The van der Waals surface area contributed by atoms with Crippen LogP contribution in [0.5, 0.6) is 6.01 Å². The number of hydrogen-bond acceptors (Lipinski definition) is 8. The molecule has 1 aliphatic rings. The highest BCUT2D eigenvalue weighted by Gasteiger charge is 2.20. The summed E-state index contributed by atoms with van der Waals surface area (Å²) in [6.45, 7) is 3.28. The van der Waals surface area contributed by atoms with E-state index in [4.69, 9.17) is 10.6 Å². The van der Waals surface area contributed by atoms with E-state index < -0.39 is 0 Å². The van der Waals surface area contributed by atoms with Crippen molar-refractivity contribution in [1.29, 1.82) is 0 Å². The second kappa shape index (κ2) is 7.94. The minimum absolute atomic E-state index is 0.186. The van der Waals surface area contributed by atoms with Crippen molar-refractivity contribution < 1.29 is 9.84 Å². The number of aliphatic hydroxyl groups excluding tert-OH is 1. The van der Waals surface area contributed by atoms with Gasteiger partial charge in [0.15, 0.2) is 0 Å². The Morgan fingerprint density at radius 2 is 2.10 bits per heavy atom. The van der Waals surface area contributed by atoms with Gasteiger partial charge in [0, 0.05) is 6.54 Å². The molecule has 0 bridgehead atoms. The van der Waals surface area contributed by atoms with Crippen LogP contribution in [0.15, 0.2) is 0 Å². The summed E-state index contributed by atoms with van der Waals surface area (Å²) in [6.07, 6.45) is 4.58. The molecule has 0 spiro atoms. The standard InChI is InChI=1S/C13H24N6O2/c1-2-6-21-13-17-11(16-12(18-13)19-14)15-8-9-4-3-5-10(20)7-9/h9-10,20H,2-8,14H2,1H3,(H2,15,16,17,18,19). The SMILES string of the molecule is CCCOc1nc(NN)nc(NCC2CCCC(O)C2)n1. The Kier molecular flexibility index (Phi) is 5.94. The number of nitrogens with zero attached hydrogens (tertiary/aromatic N) is 3. The molecule has 1 fully saturated rings. The predicted molar refractivity (Wildman–Crippen MR) is 79.9 cm³/mol. The van der Waals surface area contributed by atoms with Gasteiger partial charge in [-0.2, -0.15) is 15.0 Å². The summed E-state index contributed by atoms with van der Waals surface area (Å²) in [7, 11) is 0. The van der Waals surface area contributed by atoms with E-state index in [0.717, 1.165) is 38.6 Å². The number of anilines is 2. The van der Waals surface area contributed by atoms with Crippen molar-refractivity contribution in [2.45, 2.75) is 45.1 Å². The van der Waals surface area contributed by atoms with Crippen LogP contribution < -0.4 is 21.3 Å². The zero-order valence-corrected chi connectivity index (χ0v) is 12.4. The van der Waals surface area contributed by atoms with Gasteiger partial charge in [0.1, 0.15) is 0 Å². The van der Waals surface area contributed by atoms with Crippen molar-refractivity contribution in [1.82, 2.24) is 15.0 Å². The molecule has 2 rings (SSSR count). The highest BCUT2D eigenvalue weighted by atomic mass is 16.5. The lowest BCUT2D eigenvalue weighted by molar-refractivity contribution is 0.104. The zero-order valence-electron chi connectivity index (χ0n) is 12.4. The predicted octanol–water partition coefficient (Wildman–Crippen LogP) is 0.909. The number of aliphatic hydroxyl groups is 1. The summed E-state index contributed by atoms with van der Waals surface area (Å²) < 4.78 is 5.41. The van der Waals surface area contributed by atoms with Crippen molar-refractivity contribution >= 4 is 11.9 Å². The zero-order chi connectivity index (χ0) is 15.1. The molecule has 2 unspecified atom stereocenters. The number of hydrazine groups is 1. The number of ether oxygens (including phenoxy) is 1. The van der Waals surface area contributed by atoms with Gasteiger partial charge in [-0.1, -0.05) is 13.3 Å². The fourth-order valence-electron chi connectivity index (χ4n) is 2.44. The molecular weight excluding hydrogens is 272 g/mol. The topological polar surface area (TPSA) is 118 Å². The number of nitrogens with one attached hydrogen (secondary N) is 2. The molecule has 0 radical (unpaired) electrons. The summed E-state index contributed by atoms with van der Waals surface area (Å²) >= 11 is 0. The Morgan fingerprint density at radius 3 is 2.81 bits per heavy atom. The third-order valence-corrected chi connectivity index (χ3v) is 3.48. The van der Waals surface area contributed by atoms with E-state index in [1.807, 2.05) is 6.92 Å². The quantitative estimate of drug-likeness (QED) is 0.433. The summed E-state index contributed by atoms with van der Waals surface area (Å²) in [5, 5.41) is 12.9. The monoisotopic (exact) mass is 296 g/mol. The van der Waals surface area contributed by atoms with Crippen LogP contribution in [0.25, 0.3) is 0 Å². The van der Waals surface area contributed by atoms with Crippen molar-refractivity contribution in [2.75, 3.05) is 23.9 Å². The molecule has 1 saturated carbocycles. The molecule has 5 N–H and O–H groups in total. The first-order valence-electron chi connectivity index (χ1n) is 7.48. The normalized spacial score (nSPS) is 21.9. The van der Waals surface area contributed by atoms with Crippen LogP contribution in [0.1, 0.15) is 39.0 Å². The maximum absolute atomic E-state index is 9.68. The maximum atomic E-state index is 9.68. The molecule has 8 heteroatoms. The molecule has 21 heavy (non-hydrogen) atoms. The molecule has 0 aromatic carbocycles. The van der Waals surface area contributed by atoms with Gasteiger partial charge < -0.3 is 15.2 Å². The number of aromatic nitrogens is 3. The third-order valence-electron chi connectivity index (χ3n) is 3.48. The Labute approximate surface area is 124 Å². The van der Waals surface area contributed by atoms with Crippen LogP contribution >= 0.6 is 0 Å². The van der Waals surface area contributed by atoms with Crippen LogP contribution in [0.2, 0.25) is 0 Å². The summed E-state index contributed by atoms with van der Waals surface area (Å²) in [5.74, 6) is 6.48. The van der Waals surface area contributed by atoms with Crippen molar-refractivity contribution in [3.63, 3.8) is 0 Å². The molecule has 8 nitrogen and oxygen atoms in total. The number of rotatable bonds is 7. The van der Waals surface area contributed by atoms with Crippen molar-refractivity contribution in [2.24, 2.45) is 11.8 Å². The highest BCUT2D eigenvalue weighted by molar-refractivity contribution is 5.34. The third kappa shape index (κ3) is 4.98. The van der Waals surface area contributed by atoms with Crippen LogP contribution in [0, 0.1) is 5.92 Å². The Hall–Kier alpha value is -1.67. The first kappa shape index (κ1) is 15.7. The second-order valence-corrected chi connectivity index (χ2v) is 5.33. The summed E-state index contributed by atoms with van der Waals surface area (Å²) in [5.41, 5.74) is 2.41. The first-order chi connectivity index (χ1) is 10.2. The van der Waals surface area contributed by atoms with Crippen LogP contribution in [0.3, 0.4) is 0 Å². The lowest BCUT2D eigenvalue weighted by Gasteiger charge is -2.25. The smallest absolute Gasteiger partial charge is 0.323 e. The fraction of sp³-hybridized carbons (Fsp3) is 0.769. The van der Waals surface area contributed by atoms with Crippen LogP contribution in [-0.2, 0) is 0 Å². The average molecular weight is 296 g/mol. The van der Waals surface area contributed by atoms with Gasteiger partial charge in [-0.05, 0) is 31.6 Å². The molecule has 118 valence electrons. The average Bonchev–Trinajstić information content (AvgIpc) is 2.51. The summed E-state index contributed by atoms with van der Waals surface area (Å²) in [4.78, 5) is 12.4. The van der Waals surface area contributed by atoms with E-state index >= 15 is 0 Å². The lowest BCUT2D eigenvalue weighted by atomic mass is 9.87. The van der Waals surface area contributed by atoms with Gasteiger partial charge >= 0.3 is 6.01 Å². The van der Waals surface area contributed by atoms with Gasteiger partial charge in [-0.15, -0.1) is 0 Å². The lowest BCUT2D eigenvalue weighted by Crippen LogP contribution is -2.25. The van der Waals surface area contributed by atoms with Gasteiger partial charge in [-0.25, -0.2) is 5.84 Å². The Bertz CT molecular complexity index is 445. The molecule has 0 saturated heterocycles. The molecule has 1 heterocycles. The number of hydrogen-bond donors (Lipinski definition) is 4. The fourth-order valence-corrected chi connectivity index (χ4v) is 2.44. The van der Waals surface area contributed by atoms with Gasteiger partial charge in [0.2, 0.25) is 11.9 Å². The van der Waals surface area contributed by atoms with Crippen LogP contribution in [0.4, 0.5) is 11.9 Å². The molecule has 2 atom stereocenters. The van der Waals surface area contributed by atoms with E-state index in [1.165, 1.54) is 0 Å². The number of nitrogen functional groups attached to an aromatic ring is 1. The first-order valence-corrected chi connectivity index (χ1v) is 7.48. The van der Waals surface area contributed by atoms with E-state index in [2.05, 4.69) is 25.7 Å². The minimum atomic E-state index is -0.186. The summed E-state index contributed by atoms with van der Waals surface area (Å²) in [6, 6.07) is 0.256. The van der Waals surface area contributed by atoms with Crippen molar-refractivity contribution in [3.05, 3.63) is 0 Å². The molecule has 1 aliphatic carbocycles. The Morgan fingerprint density at radius 1 is 1.29 bits per heavy atom. The largest absolute Gasteiger partial charge is 0.463 e. The van der Waals surface area contributed by atoms with Gasteiger partial charge in [0.05, 0.1) is 12.7 Å². The second-order valence-electron chi connectivity index (χ2n) is 5.33. The van der Waals surface area contributed by atoms with E-state index in [9.17, 15) is 5.11 Å². The minimum Gasteiger partial charge on any atom is -0.463 e. The van der Waals surface area contributed by atoms with Crippen molar-refractivity contribution in [3.8, 4) is 6.01 Å². The molecule has 1 aromatic heterocycles. The van der Waals surface area contributed by atoms with E-state index in [1.54, 1.807) is 0 Å². The highest BCUT2D eigenvalue weighted by Crippen LogP contribution is 2.24. The van der Waals surface area contributed by atoms with Crippen LogP contribution in [-0.4, -0.2) is 39.3 Å². The maximum Gasteiger partial charge on any atom is 0.323 e. The Balaban J connectivity index is 1.94. The van der Waals surface area contributed by atoms with E-state index in [0.29, 0.717) is 18.5 Å². The molecular formula is C13H24N6O2. The number of nitrogens with two attached hydrogens (primary N) is 1.